The van der Waals surface area contributed by atoms with E-state index < -0.39 is 12.2 Å². The lowest BCUT2D eigenvalue weighted by atomic mass is 9.93. The Bertz CT molecular complexity index is 1030. The third-order valence-corrected chi connectivity index (χ3v) is 6.44. The molecule has 1 saturated heterocycles. The summed E-state index contributed by atoms with van der Waals surface area (Å²) in [5.74, 6) is -0.448. The zero-order chi connectivity index (χ0) is 24.1. The summed E-state index contributed by atoms with van der Waals surface area (Å²) in [6.07, 6.45) is -0.406. The molecule has 0 saturated carbocycles. The van der Waals surface area contributed by atoms with Crippen molar-refractivity contribution in [2.45, 2.75) is 25.1 Å². The summed E-state index contributed by atoms with van der Waals surface area (Å²) in [4.78, 5) is 40.1. The zero-order valence-electron chi connectivity index (χ0n) is 19.2. The molecule has 4 rings (SSSR count). The van der Waals surface area contributed by atoms with Crippen molar-refractivity contribution in [1.29, 1.82) is 0 Å². The molecule has 2 aromatic rings. The normalized spacial score (nSPS) is 18.6. The topological polar surface area (TPSA) is 111 Å². The Balaban J connectivity index is 1.26. The molecule has 0 unspecified atom stereocenters. The number of rotatable bonds is 5. The largest absolute Gasteiger partial charge is 0.453 e. The maximum absolute atomic E-state index is 12.8. The number of hydrogen-bond donors (Lipinski definition) is 3. The number of benzene rings is 2. The lowest BCUT2D eigenvalue weighted by Gasteiger charge is -2.33. The summed E-state index contributed by atoms with van der Waals surface area (Å²) in [6.45, 7) is 2.51. The minimum Gasteiger partial charge on any atom is -0.453 e. The van der Waals surface area contributed by atoms with Gasteiger partial charge in [0.2, 0.25) is 0 Å². The molecule has 2 aliphatic heterocycles. The Morgan fingerprint density at radius 1 is 1.00 bits per heavy atom. The van der Waals surface area contributed by atoms with Crippen LogP contribution >= 0.6 is 0 Å². The highest BCUT2D eigenvalue weighted by Gasteiger charge is 2.26. The molecule has 0 bridgehead atoms. The number of aliphatic hydroxyl groups is 1. The summed E-state index contributed by atoms with van der Waals surface area (Å²) in [7, 11) is 1.34. The molecule has 34 heavy (non-hydrogen) atoms. The van der Waals surface area contributed by atoms with Crippen molar-refractivity contribution in [2.24, 2.45) is 0 Å². The van der Waals surface area contributed by atoms with Crippen LogP contribution in [-0.2, 0) is 17.7 Å². The van der Waals surface area contributed by atoms with Gasteiger partial charge in [0.1, 0.15) is 0 Å². The first-order valence-corrected chi connectivity index (χ1v) is 11.4. The lowest BCUT2D eigenvalue weighted by molar-refractivity contribution is 0.0599. The Morgan fingerprint density at radius 3 is 2.29 bits per heavy atom. The molecule has 2 heterocycles. The zero-order valence-corrected chi connectivity index (χ0v) is 19.2. The summed E-state index contributed by atoms with van der Waals surface area (Å²) in [6, 6.07) is 14.5. The molecule has 0 aliphatic carbocycles. The van der Waals surface area contributed by atoms with E-state index in [0.29, 0.717) is 50.3 Å². The number of ether oxygens (including phenoxy) is 1. The van der Waals surface area contributed by atoms with Crippen LogP contribution in [0.15, 0.2) is 48.5 Å². The number of nitrogens with one attached hydrogen (secondary N) is 2. The molecule has 0 radical (unpaired) electrons. The third kappa shape index (κ3) is 5.37. The van der Waals surface area contributed by atoms with Crippen LogP contribution in [0, 0.1) is 0 Å². The van der Waals surface area contributed by atoms with Crippen LogP contribution < -0.4 is 10.6 Å². The van der Waals surface area contributed by atoms with E-state index in [1.807, 2.05) is 12.1 Å². The van der Waals surface area contributed by atoms with Crippen molar-refractivity contribution < 1.29 is 24.2 Å². The first-order chi connectivity index (χ1) is 16.5. The molecule has 0 aromatic heterocycles. The molecule has 2 aromatic carbocycles. The van der Waals surface area contributed by atoms with Crippen LogP contribution in [-0.4, -0.2) is 84.8 Å². The molecule has 0 spiro atoms. The predicted molar refractivity (Wildman–Crippen MR) is 125 cm³/mol. The molecule has 3 N–H and O–H groups in total. The molecular weight excluding hydrogens is 436 g/mol. The van der Waals surface area contributed by atoms with Crippen LogP contribution in [0.2, 0.25) is 0 Å². The highest BCUT2D eigenvalue weighted by Crippen LogP contribution is 2.18. The van der Waals surface area contributed by atoms with Crippen LogP contribution in [0.4, 0.5) is 4.79 Å². The minimum atomic E-state index is -0.721. The van der Waals surface area contributed by atoms with Crippen LogP contribution in [0.1, 0.15) is 31.8 Å². The number of carbonyl (C=O) groups is 3. The van der Waals surface area contributed by atoms with Crippen molar-refractivity contribution >= 4 is 17.9 Å². The second-order valence-electron chi connectivity index (χ2n) is 8.56. The Labute approximate surface area is 198 Å². The van der Waals surface area contributed by atoms with Crippen molar-refractivity contribution in [2.75, 3.05) is 39.8 Å². The number of piperazine rings is 1. The van der Waals surface area contributed by atoms with Gasteiger partial charge in [0.05, 0.1) is 13.2 Å². The standard InChI is InChI=1S/C25H30N4O5/c1-34-25(33)29-12-10-28(11-13-29)24(32)18-8-6-17(7-9-18)23(31)27-16-22(30)21-14-19-4-2-3-5-20(19)15-26-21/h2-9,21-22,26,30H,10-16H2,1H3,(H,27,31)/t21-,22+/m0/s1. The molecule has 2 atom stereocenters. The average molecular weight is 467 g/mol. The maximum atomic E-state index is 12.8. The smallest absolute Gasteiger partial charge is 0.409 e. The molecule has 1 fully saturated rings. The Hall–Kier alpha value is -3.43. The second kappa shape index (κ2) is 10.7. The number of fused-ring (bicyclic) bond motifs is 1. The number of carbonyl (C=O) groups excluding carboxylic acids is 3. The van der Waals surface area contributed by atoms with E-state index in [4.69, 9.17) is 4.74 Å². The van der Waals surface area contributed by atoms with Crippen LogP contribution in [0.3, 0.4) is 0 Å². The van der Waals surface area contributed by atoms with Gasteiger partial charge in [-0.25, -0.2) is 4.79 Å². The van der Waals surface area contributed by atoms with Gasteiger partial charge in [0, 0.05) is 56.4 Å². The van der Waals surface area contributed by atoms with Crippen molar-refractivity contribution in [1.82, 2.24) is 20.4 Å². The van der Waals surface area contributed by atoms with Crippen molar-refractivity contribution in [3.8, 4) is 0 Å². The first-order valence-electron chi connectivity index (χ1n) is 11.4. The fourth-order valence-corrected chi connectivity index (χ4v) is 4.36. The second-order valence-corrected chi connectivity index (χ2v) is 8.56. The number of amides is 3. The number of hydrogen-bond acceptors (Lipinski definition) is 6. The summed E-state index contributed by atoms with van der Waals surface area (Å²) in [5.41, 5.74) is 3.34. The van der Waals surface area contributed by atoms with Gasteiger partial charge in [-0.05, 0) is 41.8 Å². The highest BCUT2D eigenvalue weighted by molar-refractivity contribution is 5.98. The van der Waals surface area contributed by atoms with Crippen LogP contribution in [0.25, 0.3) is 0 Å². The van der Waals surface area contributed by atoms with Gasteiger partial charge in [0.15, 0.2) is 0 Å². The SMILES string of the molecule is COC(=O)N1CCN(C(=O)c2ccc(C(=O)NC[C@@H](O)[C@@H]3Cc4ccccc4CN3)cc2)CC1. The molecule has 9 heteroatoms. The van der Waals surface area contributed by atoms with E-state index in [-0.39, 0.29) is 24.4 Å². The Kier molecular flexibility index (Phi) is 7.44. The maximum Gasteiger partial charge on any atom is 0.409 e. The van der Waals surface area contributed by atoms with E-state index in [1.54, 1.807) is 34.1 Å². The fourth-order valence-electron chi connectivity index (χ4n) is 4.36. The summed E-state index contributed by atoms with van der Waals surface area (Å²) in [5, 5.41) is 16.7. The van der Waals surface area contributed by atoms with Gasteiger partial charge in [-0.3, -0.25) is 9.59 Å². The third-order valence-electron chi connectivity index (χ3n) is 6.44. The summed E-state index contributed by atoms with van der Waals surface area (Å²) >= 11 is 0. The first kappa shape index (κ1) is 23.7. The molecule has 3 amide bonds. The van der Waals surface area contributed by atoms with E-state index in [1.165, 1.54) is 18.2 Å². The van der Waals surface area contributed by atoms with E-state index in [0.717, 1.165) is 0 Å². The minimum absolute atomic E-state index is 0.129. The quantitative estimate of drug-likeness (QED) is 0.607. The Morgan fingerprint density at radius 2 is 1.62 bits per heavy atom. The highest BCUT2D eigenvalue weighted by atomic mass is 16.5. The fraction of sp³-hybridized carbons (Fsp3) is 0.400. The van der Waals surface area contributed by atoms with Crippen molar-refractivity contribution in [3.63, 3.8) is 0 Å². The molecule has 180 valence electrons. The van der Waals surface area contributed by atoms with Gasteiger partial charge in [-0.2, -0.15) is 0 Å². The van der Waals surface area contributed by atoms with Gasteiger partial charge >= 0.3 is 6.09 Å². The van der Waals surface area contributed by atoms with E-state index in [2.05, 4.69) is 22.8 Å². The lowest BCUT2D eigenvalue weighted by Crippen LogP contribution is -2.50. The summed E-state index contributed by atoms with van der Waals surface area (Å²) < 4.78 is 4.72. The number of nitrogens with zero attached hydrogens (tertiary/aromatic N) is 2. The molecular formula is C25H30N4O5. The monoisotopic (exact) mass is 466 g/mol. The molecule has 9 nitrogen and oxygen atoms in total. The average Bonchev–Trinajstić information content (AvgIpc) is 2.90. The van der Waals surface area contributed by atoms with Crippen LogP contribution in [0.5, 0.6) is 0 Å². The van der Waals surface area contributed by atoms with E-state index in [9.17, 15) is 19.5 Å². The van der Waals surface area contributed by atoms with Crippen molar-refractivity contribution in [3.05, 3.63) is 70.8 Å². The number of aliphatic hydroxyl groups excluding tert-OH is 1. The molecule has 2 aliphatic rings. The predicted octanol–water partition coefficient (Wildman–Crippen LogP) is 1.02. The van der Waals surface area contributed by atoms with Gasteiger partial charge in [-0.1, -0.05) is 24.3 Å². The number of methoxy groups -OCH3 is 1. The van der Waals surface area contributed by atoms with Gasteiger partial charge < -0.3 is 30.3 Å². The van der Waals surface area contributed by atoms with Gasteiger partial charge in [-0.15, -0.1) is 0 Å². The van der Waals surface area contributed by atoms with E-state index >= 15 is 0 Å². The van der Waals surface area contributed by atoms with Gasteiger partial charge in [0.25, 0.3) is 11.8 Å².